The molecule has 1 heterocycles. The molecule has 1 aromatic heterocycles. The number of carbonyl (C=O) groups is 1. The maximum Gasteiger partial charge on any atom is 0.151 e. The molecule has 0 saturated heterocycles. The molecule has 15 heavy (non-hydrogen) atoms. The average Bonchev–Trinajstić information content (AvgIpc) is 2.14. The van der Waals surface area contributed by atoms with Crippen molar-refractivity contribution in [1.82, 2.24) is 4.98 Å². The van der Waals surface area contributed by atoms with Gasteiger partial charge in [-0.1, -0.05) is 25.6 Å². The van der Waals surface area contributed by atoms with Gasteiger partial charge in [-0.05, 0) is 22.0 Å². The van der Waals surface area contributed by atoms with Crippen LogP contribution in [-0.4, -0.2) is 19.3 Å². The van der Waals surface area contributed by atoms with E-state index in [0.717, 1.165) is 10.8 Å². The Morgan fingerprint density at radius 2 is 2.13 bits per heavy atom. The van der Waals surface area contributed by atoms with Crippen molar-refractivity contribution in [2.45, 2.75) is 19.6 Å². The Balaban J connectivity index is 3.06. The number of halogens is 1. The van der Waals surface area contributed by atoms with Crippen LogP contribution in [0.4, 0.5) is 0 Å². The Kier molecular flexibility index (Phi) is 3.83. The van der Waals surface area contributed by atoms with E-state index in [9.17, 15) is 4.79 Å². The predicted octanol–water partition coefficient (Wildman–Crippen LogP) is 2.89. The van der Waals surface area contributed by atoms with Crippen LogP contribution in [-0.2, 0) is 0 Å². The lowest BCUT2D eigenvalue weighted by Gasteiger charge is -2.03. The SMILES string of the molecule is C[Si](C)(C)C#Cc1ncc(C=O)cc1Br. The first-order valence-corrected chi connectivity index (χ1v) is 8.85. The lowest BCUT2D eigenvalue weighted by atomic mass is 10.3. The third-order valence-electron chi connectivity index (χ3n) is 1.55. The maximum absolute atomic E-state index is 10.5. The molecule has 1 aromatic rings. The Morgan fingerprint density at radius 1 is 1.47 bits per heavy atom. The van der Waals surface area contributed by atoms with Gasteiger partial charge in [0.25, 0.3) is 0 Å². The first-order chi connectivity index (χ1) is 6.92. The molecule has 0 aliphatic heterocycles. The van der Waals surface area contributed by atoms with Crippen LogP contribution in [0.15, 0.2) is 16.7 Å². The maximum atomic E-state index is 10.5. The van der Waals surface area contributed by atoms with Gasteiger partial charge in [0.1, 0.15) is 13.8 Å². The van der Waals surface area contributed by atoms with Crippen LogP contribution in [0.25, 0.3) is 0 Å². The number of aldehydes is 1. The van der Waals surface area contributed by atoms with E-state index < -0.39 is 8.07 Å². The smallest absolute Gasteiger partial charge is 0.151 e. The minimum absolute atomic E-state index is 0.556. The third-order valence-corrected chi connectivity index (χ3v) is 3.03. The minimum Gasteiger partial charge on any atom is -0.298 e. The summed E-state index contributed by atoms with van der Waals surface area (Å²) >= 11 is 3.35. The summed E-state index contributed by atoms with van der Waals surface area (Å²) in [6.45, 7) is 6.52. The number of pyridine rings is 1. The molecule has 0 N–H and O–H groups in total. The molecule has 0 spiro atoms. The summed E-state index contributed by atoms with van der Waals surface area (Å²) in [4.78, 5) is 14.6. The van der Waals surface area contributed by atoms with Crippen molar-refractivity contribution >= 4 is 30.3 Å². The molecule has 0 atom stereocenters. The van der Waals surface area contributed by atoms with Crippen LogP contribution in [0.2, 0.25) is 19.6 Å². The molecular formula is C11H12BrNOSi. The Labute approximate surface area is 99.2 Å². The zero-order valence-electron chi connectivity index (χ0n) is 8.97. The Hall–Kier alpha value is -0.923. The molecular weight excluding hydrogens is 270 g/mol. The number of hydrogen-bond donors (Lipinski definition) is 0. The molecule has 4 heteroatoms. The standard InChI is InChI=1S/C11H12BrNOSi/c1-15(2,3)5-4-11-10(12)6-9(8-14)7-13-11/h6-8H,1-3H3. The van der Waals surface area contributed by atoms with E-state index in [1.54, 1.807) is 6.07 Å². The largest absolute Gasteiger partial charge is 0.298 e. The summed E-state index contributed by atoms with van der Waals surface area (Å²) in [5.41, 5.74) is 4.48. The molecule has 2 nitrogen and oxygen atoms in total. The summed E-state index contributed by atoms with van der Waals surface area (Å²) < 4.78 is 0.776. The van der Waals surface area contributed by atoms with Gasteiger partial charge < -0.3 is 0 Å². The lowest BCUT2D eigenvalue weighted by Crippen LogP contribution is -2.16. The van der Waals surface area contributed by atoms with E-state index >= 15 is 0 Å². The van der Waals surface area contributed by atoms with Gasteiger partial charge in [0.05, 0.1) is 4.47 Å². The second-order valence-electron chi connectivity index (χ2n) is 4.22. The number of carbonyl (C=O) groups excluding carboxylic acids is 1. The summed E-state index contributed by atoms with van der Waals surface area (Å²) in [5, 5.41) is 0. The van der Waals surface area contributed by atoms with E-state index in [1.807, 2.05) is 0 Å². The van der Waals surface area contributed by atoms with Gasteiger partial charge >= 0.3 is 0 Å². The van der Waals surface area contributed by atoms with E-state index in [-0.39, 0.29) is 0 Å². The summed E-state index contributed by atoms with van der Waals surface area (Å²) in [7, 11) is -1.38. The molecule has 0 radical (unpaired) electrons. The van der Waals surface area contributed by atoms with Gasteiger partial charge in [0, 0.05) is 11.8 Å². The summed E-state index contributed by atoms with van der Waals surface area (Å²) in [6, 6.07) is 1.73. The molecule has 0 aliphatic rings. The van der Waals surface area contributed by atoms with Crippen LogP contribution in [0.1, 0.15) is 16.1 Å². The van der Waals surface area contributed by atoms with Crippen molar-refractivity contribution in [3.05, 3.63) is 28.0 Å². The highest BCUT2D eigenvalue weighted by Gasteiger charge is 2.08. The van der Waals surface area contributed by atoms with Gasteiger partial charge in [-0.25, -0.2) is 4.98 Å². The zero-order chi connectivity index (χ0) is 11.5. The number of rotatable bonds is 1. The number of aromatic nitrogens is 1. The molecule has 0 aromatic carbocycles. The van der Waals surface area contributed by atoms with E-state index in [4.69, 9.17) is 0 Å². The van der Waals surface area contributed by atoms with Gasteiger partial charge in [-0.15, -0.1) is 5.54 Å². The summed E-state index contributed by atoms with van der Waals surface area (Å²) in [6.07, 6.45) is 2.31. The van der Waals surface area contributed by atoms with Crippen molar-refractivity contribution in [3.8, 4) is 11.5 Å². The van der Waals surface area contributed by atoms with Crippen molar-refractivity contribution < 1.29 is 4.79 Å². The van der Waals surface area contributed by atoms with Crippen LogP contribution in [0, 0.1) is 11.5 Å². The molecule has 0 aliphatic carbocycles. The van der Waals surface area contributed by atoms with Crippen molar-refractivity contribution in [1.29, 1.82) is 0 Å². The fourth-order valence-electron chi connectivity index (χ4n) is 0.856. The first kappa shape index (κ1) is 12.1. The third kappa shape index (κ3) is 3.98. The minimum atomic E-state index is -1.38. The fourth-order valence-corrected chi connectivity index (χ4v) is 1.82. The fraction of sp³-hybridized carbons (Fsp3) is 0.273. The lowest BCUT2D eigenvalue weighted by molar-refractivity contribution is 0.112. The molecule has 0 saturated carbocycles. The predicted molar refractivity (Wildman–Crippen MR) is 67.5 cm³/mol. The van der Waals surface area contributed by atoms with Gasteiger partial charge in [-0.2, -0.15) is 0 Å². The molecule has 0 fully saturated rings. The molecule has 78 valence electrons. The highest BCUT2D eigenvalue weighted by molar-refractivity contribution is 9.10. The number of nitrogens with zero attached hydrogens (tertiary/aromatic N) is 1. The second kappa shape index (κ2) is 4.73. The highest BCUT2D eigenvalue weighted by atomic mass is 79.9. The van der Waals surface area contributed by atoms with E-state index in [0.29, 0.717) is 11.3 Å². The molecule has 0 amide bonds. The van der Waals surface area contributed by atoms with Gasteiger partial charge in [0.2, 0.25) is 0 Å². The monoisotopic (exact) mass is 281 g/mol. The Bertz CT molecular complexity index is 440. The van der Waals surface area contributed by atoms with E-state index in [1.165, 1.54) is 6.20 Å². The number of hydrogen-bond acceptors (Lipinski definition) is 2. The zero-order valence-corrected chi connectivity index (χ0v) is 11.6. The van der Waals surface area contributed by atoms with Gasteiger partial charge in [-0.3, -0.25) is 4.79 Å². The first-order valence-electron chi connectivity index (χ1n) is 4.56. The quantitative estimate of drug-likeness (QED) is 0.450. The van der Waals surface area contributed by atoms with E-state index in [2.05, 4.69) is 52.0 Å². The van der Waals surface area contributed by atoms with Crippen LogP contribution < -0.4 is 0 Å². The van der Waals surface area contributed by atoms with Crippen molar-refractivity contribution in [2.75, 3.05) is 0 Å². The van der Waals surface area contributed by atoms with Crippen molar-refractivity contribution in [3.63, 3.8) is 0 Å². The average molecular weight is 282 g/mol. The summed E-state index contributed by atoms with van der Waals surface area (Å²) in [5.74, 6) is 3.04. The van der Waals surface area contributed by atoms with Crippen LogP contribution in [0.3, 0.4) is 0 Å². The second-order valence-corrected chi connectivity index (χ2v) is 9.82. The highest BCUT2D eigenvalue weighted by Crippen LogP contribution is 2.14. The topological polar surface area (TPSA) is 30.0 Å². The molecule has 0 bridgehead atoms. The van der Waals surface area contributed by atoms with Gasteiger partial charge in [0.15, 0.2) is 6.29 Å². The Morgan fingerprint density at radius 3 is 2.60 bits per heavy atom. The molecule has 0 unspecified atom stereocenters. The normalized spacial score (nSPS) is 10.4. The van der Waals surface area contributed by atoms with Crippen LogP contribution >= 0.6 is 15.9 Å². The molecule has 1 rings (SSSR count). The van der Waals surface area contributed by atoms with Crippen molar-refractivity contribution in [2.24, 2.45) is 0 Å². The van der Waals surface area contributed by atoms with Crippen LogP contribution in [0.5, 0.6) is 0 Å².